The Kier molecular flexibility index (Phi) is 6.78. The predicted molar refractivity (Wildman–Crippen MR) is 97.5 cm³/mol. The van der Waals surface area contributed by atoms with Crippen molar-refractivity contribution in [2.75, 3.05) is 38.7 Å². The highest BCUT2D eigenvalue weighted by molar-refractivity contribution is 7.99. The van der Waals surface area contributed by atoms with Crippen molar-refractivity contribution in [2.45, 2.75) is 32.4 Å². The van der Waals surface area contributed by atoms with Crippen molar-refractivity contribution >= 4 is 17.7 Å². The van der Waals surface area contributed by atoms with Gasteiger partial charge in [-0.2, -0.15) is 11.8 Å². The highest BCUT2D eigenvalue weighted by atomic mass is 32.2. The van der Waals surface area contributed by atoms with Gasteiger partial charge >= 0.3 is 0 Å². The molecule has 1 saturated heterocycles. The summed E-state index contributed by atoms with van der Waals surface area (Å²) in [6.45, 7) is 5.75. The van der Waals surface area contributed by atoms with Crippen LogP contribution in [0.5, 0.6) is 5.75 Å². The van der Waals surface area contributed by atoms with Gasteiger partial charge in [0.15, 0.2) is 0 Å². The number of benzene rings is 1. The first-order valence-corrected chi connectivity index (χ1v) is 9.43. The molecule has 1 amide bonds. The van der Waals surface area contributed by atoms with Crippen molar-refractivity contribution in [3.05, 3.63) is 29.8 Å². The van der Waals surface area contributed by atoms with Crippen LogP contribution in [0.25, 0.3) is 0 Å². The van der Waals surface area contributed by atoms with Crippen LogP contribution in [-0.4, -0.2) is 66.5 Å². The van der Waals surface area contributed by atoms with Crippen LogP contribution in [-0.2, 0) is 0 Å². The summed E-state index contributed by atoms with van der Waals surface area (Å²) in [6, 6.07) is 7.81. The average Bonchev–Trinajstić information content (AvgIpc) is 2.71. The minimum Gasteiger partial charge on any atom is -0.491 e. The number of likely N-dealkylation sites (N-methyl/N-ethyl adjacent to an activating group) is 1. The van der Waals surface area contributed by atoms with Crippen molar-refractivity contribution in [1.29, 1.82) is 0 Å². The van der Waals surface area contributed by atoms with E-state index in [-0.39, 0.29) is 18.1 Å². The molecule has 1 aliphatic heterocycles. The number of carbonyl (C=O) groups excluding carboxylic acids is 1. The summed E-state index contributed by atoms with van der Waals surface area (Å²) in [6.07, 6.45) is 1.21. The monoisotopic (exact) mass is 336 g/mol. The Hall–Kier alpha value is -1.20. The topological polar surface area (TPSA) is 32.8 Å². The molecule has 128 valence electrons. The highest BCUT2D eigenvalue weighted by Crippen LogP contribution is 2.21. The van der Waals surface area contributed by atoms with Crippen LogP contribution in [0, 0.1) is 0 Å². The van der Waals surface area contributed by atoms with Crippen LogP contribution >= 0.6 is 11.8 Å². The number of amides is 1. The third kappa shape index (κ3) is 5.43. The number of carbonyl (C=O) groups is 1. The third-order valence-corrected chi connectivity index (χ3v) is 4.95. The highest BCUT2D eigenvalue weighted by Gasteiger charge is 2.26. The van der Waals surface area contributed by atoms with Crippen LogP contribution in [0.2, 0.25) is 0 Å². The molecule has 0 radical (unpaired) electrons. The molecular formula is C18H28N2O2S. The van der Waals surface area contributed by atoms with Gasteiger partial charge in [-0.15, -0.1) is 0 Å². The molecule has 1 atom stereocenters. The lowest BCUT2D eigenvalue weighted by molar-refractivity contribution is 0.0675. The zero-order valence-corrected chi connectivity index (χ0v) is 15.4. The van der Waals surface area contributed by atoms with Gasteiger partial charge in [0.05, 0.1) is 12.1 Å². The van der Waals surface area contributed by atoms with E-state index in [1.807, 2.05) is 49.9 Å². The predicted octanol–water partition coefficient (Wildman–Crippen LogP) is 2.98. The van der Waals surface area contributed by atoms with Crippen molar-refractivity contribution in [1.82, 2.24) is 9.80 Å². The van der Waals surface area contributed by atoms with Gasteiger partial charge in [-0.3, -0.25) is 4.79 Å². The summed E-state index contributed by atoms with van der Waals surface area (Å²) < 4.78 is 5.65. The van der Waals surface area contributed by atoms with Gasteiger partial charge in [0.2, 0.25) is 0 Å². The molecule has 0 unspecified atom stereocenters. The summed E-state index contributed by atoms with van der Waals surface area (Å²) in [5.41, 5.74) is 0.747. The van der Waals surface area contributed by atoms with Crippen LogP contribution in [0.4, 0.5) is 0 Å². The maximum Gasteiger partial charge on any atom is 0.254 e. The molecule has 2 rings (SSSR count). The molecular weight excluding hydrogens is 308 g/mol. The molecule has 1 aromatic carbocycles. The lowest BCUT2D eigenvalue weighted by atomic mass is 10.1. The Labute approximate surface area is 144 Å². The summed E-state index contributed by atoms with van der Waals surface area (Å²) in [5.74, 6) is 3.09. The van der Waals surface area contributed by atoms with Gasteiger partial charge in [-0.05, 0) is 64.4 Å². The number of hydrogen-bond donors (Lipinski definition) is 0. The smallest absolute Gasteiger partial charge is 0.254 e. The Morgan fingerprint density at radius 3 is 2.65 bits per heavy atom. The zero-order valence-electron chi connectivity index (χ0n) is 14.6. The first kappa shape index (κ1) is 18.1. The molecule has 1 fully saturated rings. The van der Waals surface area contributed by atoms with Gasteiger partial charge < -0.3 is 14.5 Å². The van der Waals surface area contributed by atoms with Crippen molar-refractivity contribution < 1.29 is 9.53 Å². The number of nitrogens with zero attached hydrogens (tertiary/aromatic N) is 2. The molecule has 4 nitrogen and oxygen atoms in total. The van der Waals surface area contributed by atoms with E-state index in [0.29, 0.717) is 0 Å². The van der Waals surface area contributed by atoms with Crippen molar-refractivity contribution in [3.8, 4) is 5.75 Å². The van der Waals surface area contributed by atoms with Crippen molar-refractivity contribution in [2.24, 2.45) is 0 Å². The maximum absolute atomic E-state index is 12.9. The molecule has 1 aliphatic rings. The fourth-order valence-corrected chi connectivity index (χ4v) is 3.84. The van der Waals surface area contributed by atoms with E-state index in [2.05, 4.69) is 23.9 Å². The van der Waals surface area contributed by atoms with E-state index in [1.54, 1.807) is 0 Å². The molecule has 0 bridgehead atoms. The van der Waals surface area contributed by atoms with Gasteiger partial charge in [0, 0.05) is 24.4 Å². The minimum absolute atomic E-state index is 0.135. The Morgan fingerprint density at radius 1 is 1.35 bits per heavy atom. The summed E-state index contributed by atoms with van der Waals surface area (Å²) in [5, 5.41) is 0. The van der Waals surface area contributed by atoms with Crippen LogP contribution < -0.4 is 4.74 Å². The third-order valence-electron chi connectivity index (χ3n) is 3.75. The number of ether oxygens (including phenoxy) is 1. The average molecular weight is 337 g/mol. The van der Waals surface area contributed by atoms with E-state index >= 15 is 0 Å². The van der Waals surface area contributed by atoms with E-state index in [4.69, 9.17) is 4.74 Å². The summed E-state index contributed by atoms with van der Waals surface area (Å²) >= 11 is 1.95. The zero-order chi connectivity index (χ0) is 16.8. The van der Waals surface area contributed by atoms with E-state index in [1.165, 1.54) is 0 Å². The number of thioether (sulfide) groups is 1. The molecule has 1 aromatic rings. The second kappa shape index (κ2) is 8.60. The second-order valence-corrected chi connectivity index (χ2v) is 7.68. The first-order chi connectivity index (χ1) is 11.0. The van der Waals surface area contributed by atoms with E-state index < -0.39 is 0 Å². The minimum atomic E-state index is 0.135. The van der Waals surface area contributed by atoms with Gasteiger partial charge in [0.25, 0.3) is 5.91 Å². The standard InChI is InChI=1S/C18H28N2O2S/c1-14(2)22-17-8-6-15(7-9-17)18(21)20-10-5-11-23-13-16(20)12-19(3)4/h6-9,14,16H,5,10-13H2,1-4H3/t16-/m1/s1. The lowest BCUT2D eigenvalue weighted by Gasteiger charge is -2.31. The Balaban J connectivity index is 2.11. The van der Waals surface area contributed by atoms with Gasteiger partial charge in [-0.1, -0.05) is 0 Å². The SMILES string of the molecule is CC(C)Oc1ccc(C(=O)N2CCCSC[C@H]2CN(C)C)cc1. The molecule has 0 spiro atoms. The molecule has 1 heterocycles. The van der Waals surface area contributed by atoms with E-state index in [0.717, 1.165) is 42.3 Å². The molecule has 23 heavy (non-hydrogen) atoms. The summed E-state index contributed by atoms with van der Waals surface area (Å²) in [7, 11) is 4.13. The number of rotatable bonds is 5. The summed E-state index contributed by atoms with van der Waals surface area (Å²) in [4.78, 5) is 17.2. The molecule has 0 aromatic heterocycles. The van der Waals surface area contributed by atoms with Crippen molar-refractivity contribution in [3.63, 3.8) is 0 Å². The van der Waals surface area contributed by atoms with Gasteiger partial charge in [0.1, 0.15) is 5.75 Å². The van der Waals surface area contributed by atoms with Gasteiger partial charge in [-0.25, -0.2) is 0 Å². The second-order valence-electron chi connectivity index (χ2n) is 6.53. The quantitative estimate of drug-likeness (QED) is 0.827. The van der Waals surface area contributed by atoms with Crippen LogP contribution in [0.15, 0.2) is 24.3 Å². The first-order valence-electron chi connectivity index (χ1n) is 8.27. The lowest BCUT2D eigenvalue weighted by Crippen LogP contribution is -2.46. The molecule has 0 saturated carbocycles. The largest absolute Gasteiger partial charge is 0.491 e. The van der Waals surface area contributed by atoms with Crippen LogP contribution in [0.3, 0.4) is 0 Å². The van der Waals surface area contributed by atoms with Crippen LogP contribution in [0.1, 0.15) is 30.6 Å². The van der Waals surface area contributed by atoms with E-state index in [9.17, 15) is 4.79 Å². The maximum atomic E-state index is 12.9. The Bertz CT molecular complexity index is 502. The fourth-order valence-electron chi connectivity index (χ4n) is 2.78. The molecule has 0 aliphatic carbocycles. The molecule has 5 heteroatoms. The molecule has 0 N–H and O–H groups in total. The fraction of sp³-hybridized carbons (Fsp3) is 0.611. The Morgan fingerprint density at radius 2 is 2.04 bits per heavy atom. The number of hydrogen-bond acceptors (Lipinski definition) is 4. The normalized spacial score (nSPS) is 19.0.